The van der Waals surface area contributed by atoms with E-state index in [9.17, 15) is 17.6 Å². The van der Waals surface area contributed by atoms with E-state index < -0.39 is 11.7 Å². The molecule has 2 aromatic heterocycles. The van der Waals surface area contributed by atoms with Crippen LogP contribution < -0.4 is 4.90 Å². The maximum atomic E-state index is 13.1. The lowest BCUT2D eigenvalue weighted by atomic mass is 9.90. The van der Waals surface area contributed by atoms with Crippen LogP contribution in [-0.4, -0.2) is 22.8 Å². The van der Waals surface area contributed by atoms with Gasteiger partial charge in [-0.2, -0.15) is 18.3 Å². The van der Waals surface area contributed by atoms with Crippen molar-refractivity contribution >= 4 is 11.2 Å². The van der Waals surface area contributed by atoms with Gasteiger partial charge in [-0.3, -0.25) is 0 Å². The molecule has 0 radical (unpaired) electrons. The van der Waals surface area contributed by atoms with Crippen molar-refractivity contribution in [1.82, 2.24) is 9.61 Å². The molecule has 0 saturated carbocycles. The zero-order chi connectivity index (χ0) is 20.6. The fourth-order valence-corrected chi connectivity index (χ4v) is 3.55. The number of allylic oxidation sites excluding steroid dienone is 4. The molecule has 0 N–H and O–H groups in total. The van der Waals surface area contributed by atoms with Crippen LogP contribution in [0.5, 0.6) is 0 Å². The van der Waals surface area contributed by atoms with Gasteiger partial charge in [0, 0.05) is 37.0 Å². The maximum absolute atomic E-state index is 13.1. The summed E-state index contributed by atoms with van der Waals surface area (Å²) >= 11 is 0. The van der Waals surface area contributed by atoms with Crippen LogP contribution in [0.4, 0.5) is 23.2 Å². The fourth-order valence-electron chi connectivity index (χ4n) is 3.55. The summed E-state index contributed by atoms with van der Waals surface area (Å²) in [4.78, 5) is 2.00. The minimum absolute atomic E-state index is 0.149. The molecule has 3 nitrogen and oxygen atoms in total. The quantitative estimate of drug-likeness (QED) is 0.527. The van der Waals surface area contributed by atoms with Crippen molar-refractivity contribution < 1.29 is 17.6 Å². The smallest absolute Gasteiger partial charge is 0.370 e. The molecule has 3 aromatic rings. The standard InChI is InChI=1S/C22H19F4N3/c1-28(19-8-6-18(23)7-9-19)14-15-10-11-29-21(12-15)20(13-27-29)16-2-4-17(5-3-16)22(24,25)26/h2,4-13,16H,3,14H2,1H3. The van der Waals surface area contributed by atoms with E-state index >= 15 is 0 Å². The Morgan fingerprint density at radius 1 is 1.17 bits per heavy atom. The molecule has 1 aliphatic rings. The third kappa shape index (κ3) is 4.04. The lowest BCUT2D eigenvalue weighted by Crippen LogP contribution is -2.16. The van der Waals surface area contributed by atoms with Crippen molar-refractivity contribution in [2.45, 2.75) is 25.1 Å². The number of hydrogen-bond donors (Lipinski definition) is 0. The van der Waals surface area contributed by atoms with Gasteiger partial charge in [0.25, 0.3) is 0 Å². The van der Waals surface area contributed by atoms with Gasteiger partial charge in [0.05, 0.1) is 17.3 Å². The molecule has 29 heavy (non-hydrogen) atoms. The number of rotatable bonds is 4. The third-order valence-electron chi connectivity index (χ3n) is 5.13. The second-order valence-corrected chi connectivity index (χ2v) is 7.16. The largest absolute Gasteiger partial charge is 0.416 e. The number of hydrogen-bond acceptors (Lipinski definition) is 2. The zero-order valence-electron chi connectivity index (χ0n) is 15.7. The Balaban J connectivity index is 1.56. The molecule has 1 aromatic carbocycles. The summed E-state index contributed by atoms with van der Waals surface area (Å²) in [7, 11) is 1.92. The van der Waals surface area contributed by atoms with Crippen LogP contribution >= 0.6 is 0 Å². The number of benzene rings is 1. The molecule has 2 heterocycles. The number of halogens is 4. The molecule has 0 bridgehead atoms. The molecule has 7 heteroatoms. The van der Waals surface area contributed by atoms with Crippen molar-refractivity contribution in [2.24, 2.45) is 0 Å². The average molecular weight is 401 g/mol. The summed E-state index contributed by atoms with van der Waals surface area (Å²) in [5.41, 5.74) is 3.07. The fraction of sp³-hybridized carbons (Fsp3) is 0.227. The van der Waals surface area contributed by atoms with E-state index in [1.807, 2.05) is 30.3 Å². The van der Waals surface area contributed by atoms with Gasteiger partial charge in [0.15, 0.2) is 0 Å². The summed E-state index contributed by atoms with van der Waals surface area (Å²) in [6.45, 7) is 0.603. The number of pyridine rings is 1. The molecular weight excluding hydrogens is 382 g/mol. The lowest BCUT2D eigenvalue weighted by Gasteiger charge is -2.20. The summed E-state index contributed by atoms with van der Waals surface area (Å²) in [6, 6.07) is 10.2. The molecule has 1 atom stereocenters. The molecule has 4 rings (SSSR count). The van der Waals surface area contributed by atoms with Gasteiger partial charge < -0.3 is 4.90 Å². The first-order valence-electron chi connectivity index (χ1n) is 9.20. The highest BCUT2D eigenvalue weighted by atomic mass is 19.4. The van der Waals surface area contributed by atoms with Crippen molar-refractivity contribution in [2.75, 3.05) is 11.9 Å². The predicted octanol–water partition coefficient (Wildman–Crippen LogP) is 5.64. The van der Waals surface area contributed by atoms with E-state index in [1.165, 1.54) is 18.2 Å². The lowest BCUT2D eigenvalue weighted by molar-refractivity contribution is -0.0886. The monoisotopic (exact) mass is 401 g/mol. The Labute approximate surface area is 165 Å². The van der Waals surface area contributed by atoms with E-state index in [-0.39, 0.29) is 18.2 Å². The Kier molecular flexibility index (Phi) is 4.90. The first kappa shape index (κ1) is 19.2. The normalized spacial score (nSPS) is 16.9. The number of nitrogens with zero attached hydrogens (tertiary/aromatic N) is 3. The van der Waals surface area contributed by atoms with Crippen LogP contribution in [0.3, 0.4) is 0 Å². The highest BCUT2D eigenvalue weighted by Crippen LogP contribution is 2.35. The van der Waals surface area contributed by atoms with Gasteiger partial charge in [-0.1, -0.05) is 18.2 Å². The first-order chi connectivity index (χ1) is 13.8. The molecule has 0 aliphatic heterocycles. The van der Waals surface area contributed by atoms with Crippen molar-refractivity contribution in [1.29, 1.82) is 0 Å². The van der Waals surface area contributed by atoms with Crippen LogP contribution in [-0.2, 0) is 6.54 Å². The van der Waals surface area contributed by atoms with Crippen LogP contribution in [0.1, 0.15) is 23.5 Å². The molecule has 0 amide bonds. The second-order valence-electron chi connectivity index (χ2n) is 7.16. The minimum Gasteiger partial charge on any atom is -0.370 e. The Morgan fingerprint density at radius 3 is 2.59 bits per heavy atom. The summed E-state index contributed by atoms with van der Waals surface area (Å²) < 4.78 is 53.4. The zero-order valence-corrected chi connectivity index (χ0v) is 15.7. The number of fused-ring (bicyclic) bond motifs is 1. The van der Waals surface area contributed by atoms with Crippen LogP contribution in [0.15, 0.2) is 72.6 Å². The predicted molar refractivity (Wildman–Crippen MR) is 104 cm³/mol. The Bertz CT molecular complexity index is 1080. The van der Waals surface area contributed by atoms with Gasteiger partial charge in [0.2, 0.25) is 0 Å². The highest BCUT2D eigenvalue weighted by molar-refractivity contribution is 5.59. The summed E-state index contributed by atoms with van der Waals surface area (Å²) in [6.07, 6.45) is 3.49. The Morgan fingerprint density at radius 2 is 1.93 bits per heavy atom. The van der Waals surface area contributed by atoms with Crippen LogP contribution in [0.2, 0.25) is 0 Å². The molecule has 0 fully saturated rings. The van der Waals surface area contributed by atoms with Gasteiger partial charge in [-0.15, -0.1) is 0 Å². The van der Waals surface area contributed by atoms with Crippen LogP contribution in [0, 0.1) is 5.82 Å². The second kappa shape index (κ2) is 7.39. The highest BCUT2D eigenvalue weighted by Gasteiger charge is 2.33. The molecule has 0 saturated heterocycles. The van der Waals surface area contributed by atoms with Gasteiger partial charge in [0.1, 0.15) is 5.82 Å². The number of alkyl halides is 3. The molecule has 0 spiro atoms. The van der Waals surface area contributed by atoms with E-state index in [4.69, 9.17) is 0 Å². The minimum atomic E-state index is -4.32. The van der Waals surface area contributed by atoms with Gasteiger partial charge >= 0.3 is 6.18 Å². The molecule has 150 valence electrons. The van der Waals surface area contributed by atoms with E-state index in [0.717, 1.165) is 28.4 Å². The molecular formula is C22H19F4N3. The molecule has 1 aliphatic carbocycles. The van der Waals surface area contributed by atoms with E-state index in [1.54, 1.807) is 28.9 Å². The van der Waals surface area contributed by atoms with Crippen molar-refractivity contribution in [3.05, 3.63) is 89.5 Å². The molecule has 1 unspecified atom stereocenters. The topological polar surface area (TPSA) is 20.5 Å². The summed E-state index contributed by atoms with van der Waals surface area (Å²) in [5, 5.41) is 4.33. The van der Waals surface area contributed by atoms with E-state index in [0.29, 0.717) is 6.54 Å². The first-order valence-corrected chi connectivity index (χ1v) is 9.20. The average Bonchev–Trinajstić information content (AvgIpc) is 3.11. The Hall–Kier alpha value is -3.09. The van der Waals surface area contributed by atoms with Crippen LogP contribution in [0.25, 0.3) is 5.52 Å². The van der Waals surface area contributed by atoms with E-state index in [2.05, 4.69) is 5.10 Å². The maximum Gasteiger partial charge on any atom is 0.416 e. The van der Waals surface area contributed by atoms with Crippen molar-refractivity contribution in [3.63, 3.8) is 0 Å². The summed E-state index contributed by atoms with van der Waals surface area (Å²) in [5.74, 6) is -0.431. The third-order valence-corrected chi connectivity index (χ3v) is 5.13. The van der Waals surface area contributed by atoms with Gasteiger partial charge in [-0.05, 0) is 48.4 Å². The SMILES string of the molecule is CN(Cc1ccn2ncc(C3C=CC(C(F)(F)F)=CC3)c2c1)c1ccc(F)cc1. The van der Waals surface area contributed by atoms with Gasteiger partial charge in [-0.25, -0.2) is 8.91 Å². The number of anilines is 1. The van der Waals surface area contributed by atoms with Crippen molar-refractivity contribution in [3.8, 4) is 0 Å². The number of aromatic nitrogens is 2.